The first-order valence-electron chi connectivity index (χ1n) is 2.35. The maximum absolute atomic E-state index is 5.27. The minimum Gasteiger partial charge on any atom is -0.449 e. The molecule has 0 unspecified atom stereocenters. The molecule has 0 saturated heterocycles. The lowest BCUT2D eigenvalue weighted by Gasteiger charge is -1.92. The Balaban J connectivity index is 2.69. The highest BCUT2D eigenvalue weighted by Crippen LogP contribution is 1.94. The molecule has 0 bridgehead atoms. The van der Waals surface area contributed by atoms with Crippen LogP contribution in [0.15, 0.2) is 36.4 Å². The third kappa shape index (κ3) is 1.15. The molecule has 8 heavy (non-hydrogen) atoms. The minimum atomic E-state index is 0.426. The number of nitrogens with two attached hydrogens (primary N) is 1. The molecule has 1 heterocycles. The van der Waals surface area contributed by atoms with Crippen LogP contribution in [0.25, 0.3) is 0 Å². The van der Waals surface area contributed by atoms with Crippen molar-refractivity contribution in [1.82, 2.24) is 0 Å². The van der Waals surface area contributed by atoms with Gasteiger partial charge in [-0.3, -0.25) is 0 Å². The Bertz CT molecular complexity index is 156. The van der Waals surface area contributed by atoms with E-state index in [1.54, 1.807) is 12.2 Å². The van der Waals surface area contributed by atoms with E-state index in [1.807, 2.05) is 12.2 Å². The molecule has 0 aromatic heterocycles. The zero-order valence-electron chi connectivity index (χ0n) is 4.37. The quantitative estimate of drug-likeness (QED) is 0.501. The molecular formula is C6H7NO. The molecular weight excluding hydrogens is 102 g/mol. The Labute approximate surface area is 47.9 Å². The van der Waals surface area contributed by atoms with E-state index < -0.39 is 0 Å². The zero-order valence-corrected chi connectivity index (χ0v) is 4.37. The van der Waals surface area contributed by atoms with Crippen LogP contribution in [0.5, 0.6) is 0 Å². The number of hydrogen-bond donors (Lipinski definition) is 1. The van der Waals surface area contributed by atoms with Gasteiger partial charge in [-0.25, -0.2) is 0 Å². The van der Waals surface area contributed by atoms with Crippen LogP contribution in [0.4, 0.5) is 0 Å². The molecule has 2 heteroatoms. The highest BCUT2D eigenvalue weighted by molar-refractivity contribution is 5.14. The van der Waals surface area contributed by atoms with Crippen molar-refractivity contribution in [2.24, 2.45) is 5.73 Å². The SMILES string of the molecule is NC1=CC=CC=CO1. The second-order valence-corrected chi connectivity index (χ2v) is 1.40. The highest BCUT2D eigenvalue weighted by atomic mass is 16.5. The molecule has 0 spiro atoms. The van der Waals surface area contributed by atoms with Crippen LogP contribution in [-0.4, -0.2) is 0 Å². The van der Waals surface area contributed by atoms with Gasteiger partial charge in [0.05, 0.1) is 6.26 Å². The van der Waals surface area contributed by atoms with Crippen LogP contribution in [0.3, 0.4) is 0 Å². The van der Waals surface area contributed by atoms with E-state index in [4.69, 9.17) is 10.5 Å². The lowest BCUT2D eigenvalue weighted by molar-refractivity contribution is 0.347. The molecule has 0 saturated carbocycles. The Morgan fingerprint density at radius 2 is 2.12 bits per heavy atom. The summed E-state index contributed by atoms with van der Waals surface area (Å²) in [7, 11) is 0. The van der Waals surface area contributed by atoms with E-state index in [9.17, 15) is 0 Å². The lowest BCUT2D eigenvalue weighted by atomic mass is 10.5. The smallest absolute Gasteiger partial charge is 0.189 e. The van der Waals surface area contributed by atoms with Crippen molar-refractivity contribution in [3.63, 3.8) is 0 Å². The Kier molecular flexibility index (Phi) is 1.37. The molecule has 1 aliphatic rings. The van der Waals surface area contributed by atoms with Crippen molar-refractivity contribution in [3.05, 3.63) is 36.4 Å². The van der Waals surface area contributed by atoms with Gasteiger partial charge in [0.1, 0.15) is 0 Å². The maximum atomic E-state index is 5.27. The summed E-state index contributed by atoms with van der Waals surface area (Å²) < 4.78 is 4.80. The number of rotatable bonds is 0. The Morgan fingerprint density at radius 3 is 3.00 bits per heavy atom. The first-order valence-corrected chi connectivity index (χ1v) is 2.35. The minimum absolute atomic E-state index is 0.426. The monoisotopic (exact) mass is 109 g/mol. The van der Waals surface area contributed by atoms with E-state index in [-0.39, 0.29) is 0 Å². The molecule has 0 radical (unpaired) electrons. The van der Waals surface area contributed by atoms with E-state index in [0.29, 0.717) is 5.88 Å². The second kappa shape index (κ2) is 2.21. The average Bonchev–Trinajstić information content (AvgIpc) is 1.94. The normalized spacial score (nSPS) is 16.8. The molecule has 0 aromatic carbocycles. The molecule has 0 aliphatic carbocycles. The predicted octanol–water partition coefficient (Wildman–Crippen LogP) is 0.887. The Hall–Kier alpha value is -1.18. The van der Waals surface area contributed by atoms with Crippen molar-refractivity contribution in [2.75, 3.05) is 0 Å². The van der Waals surface area contributed by atoms with Gasteiger partial charge < -0.3 is 10.5 Å². The summed E-state index contributed by atoms with van der Waals surface area (Å²) in [6.45, 7) is 0. The first kappa shape index (κ1) is 4.97. The largest absolute Gasteiger partial charge is 0.449 e. The topological polar surface area (TPSA) is 35.2 Å². The van der Waals surface area contributed by atoms with E-state index in [2.05, 4.69) is 0 Å². The van der Waals surface area contributed by atoms with Crippen molar-refractivity contribution >= 4 is 0 Å². The van der Waals surface area contributed by atoms with Crippen molar-refractivity contribution < 1.29 is 4.74 Å². The van der Waals surface area contributed by atoms with Crippen molar-refractivity contribution in [1.29, 1.82) is 0 Å². The molecule has 2 N–H and O–H groups in total. The number of hydrogen-bond acceptors (Lipinski definition) is 2. The second-order valence-electron chi connectivity index (χ2n) is 1.40. The molecule has 0 amide bonds. The lowest BCUT2D eigenvalue weighted by Crippen LogP contribution is -1.96. The molecule has 2 nitrogen and oxygen atoms in total. The van der Waals surface area contributed by atoms with Gasteiger partial charge in [-0.2, -0.15) is 0 Å². The third-order valence-electron chi connectivity index (χ3n) is 0.765. The average molecular weight is 109 g/mol. The molecule has 0 aromatic rings. The fourth-order valence-corrected chi connectivity index (χ4v) is 0.417. The van der Waals surface area contributed by atoms with Crippen LogP contribution in [0, 0.1) is 0 Å². The molecule has 42 valence electrons. The standard InChI is InChI=1S/C6H7NO/c7-6-4-2-1-3-5-8-6/h1-5H,7H2. The highest BCUT2D eigenvalue weighted by Gasteiger charge is 1.83. The van der Waals surface area contributed by atoms with Crippen LogP contribution in [-0.2, 0) is 4.74 Å². The Morgan fingerprint density at radius 1 is 1.25 bits per heavy atom. The molecule has 0 atom stereocenters. The summed E-state index contributed by atoms with van der Waals surface area (Å²) in [5, 5.41) is 0. The fourth-order valence-electron chi connectivity index (χ4n) is 0.417. The van der Waals surface area contributed by atoms with Crippen LogP contribution < -0.4 is 5.73 Å². The maximum Gasteiger partial charge on any atom is 0.189 e. The zero-order chi connectivity index (χ0) is 5.82. The van der Waals surface area contributed by atoms with Gasteiger partial charge in [-0.1, -0.05) is 12.2 Å². The van der Waals surface area contributed by atoms with Gasteiger partial charge in [0.15, 0.2) is 5.88 Å². The first-order chi connectivity index (χ1) is 3.89. The van der Waals surface area contributed by atoms with Gasteiger partial charge in [-0.05, 0) is 12.2 Å². The summed E-state index contributed by atoms with van der Waals surface area (Å²) >= 11 is 0. The van der Waals surface area contributed by atoms with E-state index >= 15 is 0 Å². The van der Waals surface area contributed by atoms with Gasteiger partial charge >= 0.3 is 0 Å². The summed E-state index contributed by atoms with van der Waals surface area (Å²) in [5.41, 5.74) is 5.27. The van der Waals surface area contributed by atoms with Crippen molar-refractivity contribution in [3.8, 4) is 0 Å². The fraction of sp³-hybridized carbons (Fsp3) is 0. The number of ether oxygens (including phenoxy) is 1. The van der Waals surface area contributed by atoms with Crippen LogP contribution in [0.1, 0.15) is 0 Å². The summed E-state index contributed by atoms with van der Waals surface area (Å²) in [4.78, 5) is 0. The number of allylic oxidation sites excluding steroid dienone is 4. The van der Waals surface area contributed by atoms with Gasteiger partial charge in [0.2, 0.25) is 0 Å². The summed E-state index contributed by atoms with van der Waals surface area (Å²) in [6.07, 6.45) is 8.67. The van der Waals surface area contributed by atoms with Gasteiger partial charge in [-0.15, -0.1) is 0 Å². The summed E-state index contributed by atoms with van der Waals surface area (Å²) in [6, 6.07) is 0. The van der Waals surface area contributed by atoms with Crippen LogP contribution in [0.2, 0.25) is 0 Å². The molecule has 0 fully saturated rings. The van der Waals surface area contributed by atoms with Crippen molar-refractivity contribution in [2.45, 2.75) is 0 Å². The van der Waals surface area contributed by atoms with Crippen LogP contribution >= 0.6 is 0 Å². The third-order valence-corrected chi connectivity index (χ3v) is 0.765. The molecule has 1 aliphatic heterocycles. The van der Waals surface area contributed by atoms with E-state index in [1.165, 1.54) is 6.26 Å². The summed E-state index contributed by atoms with van der Waals surface area (Å²) in [5.74, 6) is 0.426. The molecule has 1 rings (SSSR count). The van der Waals surface area contributed by atoms with E-state index in [0.717, 1.165) is 0 Å². The predicted molar refractivity (Wildman–Crippen MR) is 31.6 cm³/mol. The van der Waals surface area contributed by atoms with Gasteiger partial charge in [0, 0.05) is 0 Å². The van der Waals surface area contributed by atoms with Gasteiger partial charge in [0.25, 0.3) is 0 Å².